The molecule has 1 rings (SSSR count). The molecule has 1 N–H and O–H groups in total. The van der Waals surface area contributed by atoms with Crippen LogP contribution in [0.5, 0.6) is 5.75 Å². The molecular weight excluding hydrogens is 202 g/mol. The van der Waals surface area contributed by atoms with E-state index >= 15 is 0 Å². The molecular formula is C10H12ClNO2. The Hall–Kier alpha value is -1.22. The van der Waals surface area contributed by atoms with Crippen molar-refractivity contribution in [2.45, 2.75) is 13.5 Å². The normalized spacial score (nSPS) is 9.64. The zero-order valence-corrected chi connectivity index (χ0v) is 8.89. The van der Waals surface area contributed by atoms with E-state index in [0.29, 0.717) is 17.3 Å². The zero-order chi connectivity index (χ0) is 10.6. The van der Waals surface area contributed by atoms with Crippen LogP contribution >= 0.6 is 11.6 Å². The van der Waals surface area contributed by atoms with E-state index in [1.807, 2.05) is 6.07 Å². The van der Waals surface area contributed by atoms with E-state index in [0.717, 1.165) is 5.56 Å². The number of nitrogens with one attached hydrogen (secondary N) is 1. The summed E-state index contributed by atoms with van der Waals surface area (Å²) in [4.78, 5) is 10.7. The Morgan fingerprint density at radius 1 is 1.57 bits per heavy atom. The fourth-order valence-electron chi connectivity index (χ4n) is 1.11. The number of carbonyl (C=O) groups is 1. The van der Waals surface area contributed by atoms with Crippen LogP contribution in [-0.2, 0) is 11.3 Å². The van der Waals surface area contributed by atoms with Crippen molar-refractivity contribution in [3.63, 3.8) is 0 Å². The van der Waals surface area contributed by atoms with Crippen LogP contribution in [-0.4, -0.2) is 13.0 Å². The standard InChI is InChI=1S/C10H12ClNO2/c1-7(13)12-6-8-9(11)4-3-5-10(8)14-2/h3-5H,6H2,1-2H3,(H,12,13). The molecule has 76 valence electrons. The first-order valence-electron chi connectivity index (χ1n) is 4.21. The van der Waals surface area contributed by atoms with Gasteiger partial charge in [0.2, 0.25) is 5.91 Å². The topological polar surface area (TPSA) is 38.3 Å². The average Bonchev–Trinajstić information content (AvgIpc) is 2.15. The molecule has 1 amide bonds. The van der Waals surface area contributed by atoms with Crippen molar-refractivity contribution in [2.75, 3.05) is 7.11 Å². The lowest BCUT2D eigenvalue weighted by molar-refractivity contribution is -0.119. The molecule has 1 aromatic carbocycles. The second-order valence-corrected chi connectivity index (χ2v) is 3.24. The molecule has 0 fully saturated rings. The molecule has 0 aliphatic heterocycles. The number of halogens is 1. The Kier molecular flexibility index (Phi) is 3.77. The number of carbonyl (C=O) groups excluding carboxylic acids is 1. The number of amides is 1. The third-order valence-corrected chi connectivity index (χ3v) is 2.16. The highest BCUT2D eigenvalue weighted by atomic mass is 35.5. The quantitative estimate of drug-likeness (QED) is 0.834. The van der Waals surface area contributed by atoms with Gasteiger partial charge >= 0.3 is 0 Å². The summed E-state index contributed by atoms with van der Waals surface area (Å²) in [6, 6.07) is 5.38. The van der Waals surface area contributed by atoms with Crippen molar-refractivity contribution in [1.29, 1.82) is 0 Å². The van der Waals surface area contributed by atoms with Crippen molar-refractivity contribution in [3.05, 3.63) is 28.8 Å². The predicted molar refractivity (Wildman–Crippen MR) is 55.5 cm³/mol. The average molecular weight is 214 g/mol. The highest BCUT2D eigenvalue weighted by molar-refractivity contribution is 6.31. The molecule has 0 bridgehead atoms. The van der Waals surface area contributed by atoms with Gasteiger partial charge in [0.05, 0.1) is 7.11 Å². The molecule has 14 heavy (non-hydrogen) atoms. The molecule has 0 aromatic heterocycles. The molecule has 0 radical (unpaired) electrons. The van der Waals surface area contributed by atoms with Crippen LogP contribution in [0.25, 0.3) is 0 Å². The zero-order valence-electron chi connectivity index (χ0n) is 8.13. The largest absolute Gasteiger partial charge is 0.496 e. The lowest BCUT2D eigenvalue weighted by Crippen LogP contribution is -2.19. The van der Waals surface area contributed by atoms with E-state index in [2.05, 4.69) is 5.32 Å². The molecule has 0 atom stereocenters. The Labute approximate surface area is 88.0 Å². The van der Waals surface area contributed by atoms with Gasteiger partial charge in [-0.2, -0.15) is 0 Å². The van der Waals surface area contributed by atoms with E-state index in [-0.39, 0.29) is 5.91 Å². The monoisotopic (exact) mass is 213 g/mol. The molecule has 4 heteroatoms. The third-order valence-electron chi connectivity index (χ3n) is 1.81. The van der Waals surface area contributed by atoms with Crippen LogP contribution in [0.2, 0.25) is 5.02 Å². The number of benzene rings is 1. The van der Waals surface area contributed by atoms with Crippen molar-refractivity contribution in [1.82, 2.24) is 5.32 Å². The van der Waals surface area contributed by atoms with Gasteiger partial charge in [0.25, 0.3) is 0 Å². The van der Waals surface area contributed by atoms with Crippen LogP contribution < -0.4 is 10.1 Å². The summed E-state index contributed by atoms with van der Waals surface area (Å²) in [5.41, 5.74) is 0.798. The van der Waals surface area contributed by atoms with Crippen molar-refractivity contribution in [2.24, 2.45) is 0 Å². The van der Waals surface area contributed by atoms with Gasteiger partial charge in [-0.3, -0.25) is 4.79 Å². The first-order valence-corrected chi connectivity index (χ1v) is 4.58. The minimum absolute atomic E-state index is 0.0908. The number of ether oxygens (including phenoxy) is 1. The lowest BCUT2D eigenvalue weighted by atomic mass is 10.2. The molecule has 0 unspecified atom stereocenters. The first-order chi connectivity index (χ1) is 6.65. The van der Waals surface area contributed by atoms with Crippen molar-refractivity contribution < 1.29 is 9.53 Å². The lowest BCUT2D eigenvalue weighted by Gasteiger charge is -2.10. The highest BCUT2D eigenvalue weighted by Gasteiger charge is 2.07. The SMILES string of the molecule is COc1cccc(Cl)c1CNC(C)=O. The van der Waals surface area contributed by atoms with Crippen molar-refractivity contribution in [3.8, 4) is 5.75 Å². The summed E-state index contributed by atoms with van der Waals surface area (Å²) >= 11 is 5.96. The molecule has 0 heterocycles. The van der Waals surface area contributed by atoms with Gasteiger partial charge in [-0.15, -0.1) is 0 Å². The van der Waals surface area contributed by atoms with E-state index < -0.39 is 0 Å². The fourth-order valence-corrected chi connectivity index (χ4v) is 1.35. The third kappa shape index (κ3) is 2.64. The number of hydrogen-bond donors (Lipinski definition) is 1. The molecule has 0 saturated carbocycles. The van der Waals surface area contributed by atoms with Crippen LogP contribution in [0.15, 0.2) is 18.2 Å². The van der Waals surface area contributed by atoms with Gasteiger partial charge in [0, 0.05) is 24.1 Å². The molecule has 3 nitrogen and oxygen atoms in total. The Balaban J connectivity index is 2.87. The summed E-state index contributed by atoms with van der Waals surface area (Å²) in [7, 11) is 1.57. The van der Waals surface area contributed by atoms with Crippen LogP contribution in [0.3, 0.4) is 0 Å². The van der Waals surface area contributed by atoms with Gasteiger partial charge in [-0.25, -0.2) is 0 Å². The summed E-state index contributed by atoms with van der Waals surface area (Å²) in [6.07, 6.45) is 0. The summed E-state index contributed by atoms with van der Waals surface area (Å²) in [5.74, 6) is 0.596. The summed E-state index contributed by atoms with van der Waals surface area (Å²) in [5, 5.41) is 3.27. The molecule has 0 aliphatic rings. The van der Waals surface area contributed by atoms with Crippen LogP contribution in [0.1, 0.15) is 12.5 Å². The van der Waals surface area contributed by atoms with Gasteiger partial charge in [0.1, 0.15) is 5.75 Å². The molecule has 1 aromatic rings. The van der Waals surface area contributed by atoms with Crippen LogP contribution in [0.4, 0.5) is 0 Å². The maximum atomic E-state index is 10.7. The predicted octanol–water partition coefficient (Wildman–Crippen LogP) is 1.98. The Bertz CT molecular complexity index is 339. The maximum Gasteiger partial charge on any atom is 0.217 e. The van der Waals surface area contributed by atoms with Crippen molar-refractivity contribution >= 4 is 17.5 Å². The molecule has 0 spiro atoms. The maximum absolute atomic E-state index is 10.7. The van der Waals surface area contributed by atoms with Gasteiger partial charge in [-0.1, -0.05) is 17.7 Å². The van der Waals surface area contributed by atoms with E-state index in [9.17, 15) is 4.79 Å². The first kappa shape index (κ1) is 10.9. The molecule has 0 saturated heterocycles. The highest BCUT2D eigenvalue weighted by Crippen LogP contribution is 2.25. The Morgan fingerprint density at radius 3 is 2.86 bits per heavy atom. The summed E-state index contributed by atoms with van der Waals surface area (Å²) < 4.78 is 5.12. The van der Waals surface area contributed by atoms with E-state index in [1.54, 1.807) is 19.2 Å². The number of rotatable bonds is 3. The van der Waals surface area contributed by atoms with Gasteiger partial charge in [-0.05, 0) is 12.1 Å². The second kappa shape index (κ2) is 4.86. The van der Waals surface area contributed by atoms with Gasteiger partial charge < -0.3 is 10.1 Å². The van der Waals surface area contributed by atoms with Crippen LogP contribution in [0, 0.1) is 0 Å². The minimum atomic E-state index is -0.0908. The summed E-state index contributed by atoms with van der Waals surface area (Å²) in [6.45, 7) is 1.85. The number of methoxy groups -OCH3 is 1. The van der Waals surface area contributed by atoms with Gasteiger partial charge in [0.15, 0.2) is 0 Å². The fraction of sp³-hybridized carbons (Fsp3) is 0.300. The van der Waals surface area contributed by atoms with E-state index in [1.165, 1.54) is 6.92 Å². The second-order valence-electron chi connectivity index (χ2n) is 2.83. The minimum Gasteiger partial charge on any atom is -0.496 e. The smallest absolute Gasteiger partial charge is 0.217 e. The number of hydrogen-bond acceptors (Lipinski definition) is 2. The van der Waals surface area contributed by atoms with E-state index in [4.69, 9.17) is 16.3 Å². The molecule has 0 aliphatic carbocycles. The Morgan fingerprint density at radius 2 is 2.29 bits per heavy atom.